The van der Waals surface area contributed by atoms with Gasteiger partial charge in [0.25, 0.3) is 0 Å². The Hall–Kier alpha value is -2.50. The van der Waals surface area contributed by atoms with Crippen LogP contribution in [0.1, 0.15) is 27.2 Å². The molecule has 2 rings (SSSR count). The first kappa shape index (κ1) is 15.9. The van der Waals surface area contributed by atoms with E-state index in [1.165, 1.54) is 6.08 Å². The molecule has 1 aromatic rings. The van der Waals surface area contributed by atoms with Crippen LogP contribution >= 0.6 is 0 Å². The molecule has 1 heterocycles. The van der Waals surface area contributed by atoms with Crippen molar-refractivity contribution in [2.24, 2.45) is 0 Å². The topological polar surface area (TPSA) is 78.9 Å². The monoisotopic (exact) mass is 304 g/mol. The van der Waals surface area contributed by atoms with E-state index in [1.54, 1.807) is 45.0 Å². The standard InChI is InChI=1S/C16H20N2O4/c1-5-10-16(13(19)20)17-11-8-6-7-9-12(11)18(16)14(21)22-15(2,3)4/h5-9,17H,1,10H2,2-4H3,(H,19,20)/t16-/m0/s1. The number of hydrogen-bond donors (Lipinski definition) is 2. The summed E-state index contributed by atoms with van der Waals surface area (Å²) in [5, 5.41) is 12.6. The van der Waals surface area contributed by atoms with Crippen LogP contribution < -0.4 is 10.2 Å². The lowest BCUT2D eigenvalue weighted by Crippen LogP contribution is -2.59. The van der Waals surface area contributed by atoms with E-state index in [2.05, 4.69) is 11.9 Å². The van der Waals surface area contributed by atoms with Crippen molar-refractivity contribution in [3.8, 4) is 0 Å². The summed E-state index contributed by atoms with van der Waals surface area (Å²) in [6.45, 7) is 8.80. The number of carbonyl (C=O) groups is 2. The first-order valence-electron chi connectivity index (χ1n) is 6.96. The fourth-order valence-electron chi connectivity index (χ4n) is 2.41. The summed E-state index contributed by atoms with van der Waals surface area (Å²) in [7, 11) is 0. The van der Waals surface area contributed by atoms with E-state index in [9.17, 15) is 14.7 Å². The highest BCUT2D eigenvalue weighted by molar-refractivity contribution is 6.06. The molecule has 0 saturated carbocycles. The smallest absolute Gasteiger partial charge is 0.417 e. The lowest BCUT2D eigenvalue weighted by molar-refractivity contribution is -0.142. The first-order valence-corrected chi connectivity index (χ1v) is 6.96. The highest BCUT2D eigenvalue weighted by Gasteiger charge is 2.53. The van der Waals surface area contributed by atoms with Gasteiger partial charge >= 0.3 is 12.1 Å². The molecular weight excluding hydrogens is 284 g/mol. The minimum absolute atomic E-state index is 0.0380. The number of carboxylic acid groups (broad SMARTS) is 1. The lowest BCUT2D eigenvalue weighted by Gasteiger charge is -2.35. The van der Waals surface area contributed by atoms with Crippen LogP contribution in [0.25, 0.3) is 0 Å². The number of benzene rings is 1. The van der Waals surface area contributed by atoms with Crippen molar-refractivity contribution >= 4 is 23.4 Å². The van der Waals surface area contributed by atoms with Crippen LogP contribution in [0.3, 0.4) is 0 Å². The van der Waals surface area contributed by atoms with Crippen molar-refractivity contribution < 1.29 is 19.4 Å². The molecule has 0 saturated heterocycles. The van der Waals surface area contributed by atoms with Crippen LogP contribution in [0.2, 0.25) is 0 Å². The largest absolute Gasteiger partial charge is 0.478 e. The van der Waals surface area contributed by atoms with Crippen LogP contribution in [0, 0.1) is 0 Å². The van der Waals surface area contributed by atoms with Gasteiger partial charge in [-0.05, 0) is 32.9 Å². The lowest BCUT2D eigenvalue weighted by atomic mass is 10.1. The average Bonchev–Trinajstić information content (AvgIpc) is 2.72. The summed E-state index contributed by atoms with van der Waals surface area (Å²) in [5.41, 5.74) is -1.32. The second-order valence-electron chi connectivity index (χ2n) is 6.12. The molecule has 1 atom stereocenters. The predicted octanol–water partition coefficient (Wildman–Crippen LogP) is 3.21. The first-order chi connectivity index (χ1) is 10.2. The number of aliphatic carboxylic acids is 1. The van der Waals surface area contributed by atoms with Crippen LogP contribution in [-0.2, 0) is 9.53 Å². The Morgan fingerprint density at radius 2 is 2.05 bits per heavy atom. The van der Waals surface area contributed by atoms with Crippen LogP contribution in [0.5, 0.6) is 0 Å². The van der Waals surface area contributed by atoms with E-state index in [0.29, 0.717) is 11.4 Å². The molecular formula is C16H20N2O4. The Labute approximate surface area is 129 Å². The van der Waals surface area contributed by atoms with E-state index in [-0.39, 0.29) is 6.42 Å². The zero-order chi connectivity index (χ0) is 16.5. The van der Waals surface area contributed by atoms with E-state index in [1.807, 2.05) is 0 Å². The maximum absolute atomic E-state index is 12.6. The average molecular weight is 304 g/mol. The maximum Gasteiger partial charge on any atom is 0.417 e. The molecule has 1 amide bonds. The number of amides is 1. The fourth-order valence-corrected chi connectivity index (χ4v) is 2.41. The van der Waals surface area contributed by atoms with Gasteiger partial charge in [0.15, 0.2) is 0 Å². The number of anilines is 2. The summed E-state index contributed by atoms with van der Waals surface area (Å²) in [4.78, 5) is 25.6. The molecule has 0 unspecified atom stereocenters. The van der Waals surface area contributed by atoms with Gasteiger partial charge < -0.3 is 15.2 Å². The molecule has 1 aliphatic heterocycles. The number of fused-ring (bicyclic) bond motifs is 1. The zero-order valence-corrected chi connectivity index (χ0v) is 12.9. The number of carboxylic acids is 1. The SMILES string of the molecule is C=CC[C@]1(C(=O)O)Nc2ccccc2N1C(=O)OC(C)(C)C. The van der Waals surface area contributed by atoms with Crippen molar-refractivity contribution in [1.82, 2.24) is 0 Å². The van der Waals surface area contributed by atoms with Crippen molar-refractivity contribution in [3.63, 3.8) is 0 Å². The van der Waals surface area contributed by atoms with Crippen LogP contribution in [-0.4, -0.2) is 28.4 Å². The van der Waals surface area contributed by atoms with Gasteiger partial charge in [0, 0.05) is 6.42 Å². The molecule has 22 heavy (non-hydrogen) atoms. The van der Waals surface area contributed by atoms with Crippen LogP contribution in [0.4, 0.5) is 16.2 Å². The fraction of sp³-hybridized carbons (Fsp3) is 0.375. The van der Waals surface area contributed by atoms with Crippen molar-refractivity contribution in [3.05, 3.63) is 36.9 Å². The summed E-state index contributed by atoms with van der Waals surface area (Å²) in [6.07, 6.45) is 0.787. The Morgan fingerprint density at radius 3 is 2.59 bits per heavy atom. The van der Waals surface area contributed by atoms with Crippen molar-refractivity contribution in [2.45, 2.75) is 38.5 Å². The minimum Gasteiger partial charge on any atom is -0.478 e. The number of nitrogens with zero attached hydrogens (tertiary/aromatic N) is 1. The molecule has 1 aliphatic rings. The van der Waals surface area contributed by atoms with Gasteiger partial charge in [0.2, 0.25) is 5.66 Å². The Balaban J connectivity index is 2.53. The number of hydrogen-bond acceptors (Lipinski definition) is 4. The quantitative estimate of drug-likeness (QED) is 0.838. The van der Waals surface area contributed by atoms with E-state index in [0.717, 1.165) is 4.90 Å². The van der Waals surface area contributed by atoms with Gasteiger partial charge in [-0.2, -0.15) is 0 Å². The van der Waals surface area contributed by atoms with Gasteiger partial charge in [-0.15, -0.1) is 6.58 Å². The number of para-hydroxylation sites is 2. The Bertz CT molecular complexity index is 621. The molecule has 0 fully saturated rings. The van der Waals surface area contributed by atoms with Gasteiger partial charge in [0.05, 0.1) is 11.4 Å². The minimum atomic E-state index is -1.63. The number of ether oxygens (including phenoxy) is 1. The van der Waals surface area contributed by atoms with Gasteiger partial charge in [0.1, 0.15) is 5.60 Å². The summed E-state index contributed by atoms with van der Waals surface area (Å²) >= 11 is 0. The van der Waals surface area contributed by atoms with Gasteiger partial charge in [-0.25, -0.2) is 14.5 Å². The highest BCUT2D eigenvalue weighted by Crippen LogP contribution is 2.42. The maximum atomic E-state index is 12.6. The third kappa shape index (κ3) is 2.64. The molecule has 0 spiro atoms. The van der Waals surface area contributed by atoms with E-state index >= 15 is 0 Å². The third-order valence-corrected chi connectivity index (χ3v) is 3.24. The highest BCUT2D eigenvalue weighted by atomic mass is 16.6. The van der Waals surface area contributed by atoms with E-state index < -0.39 is 23.3 Å². The second kappa shape index (κ2) is 5.36. The van der Waals surface area contributed by atoms with Gasteiger partial charge in [-0.1, -0.05) is 18.2 Å². The molecule has 118 valence electrons. The molecule has 6 heteroatoms. The van der Waals surface area contributed by atoms with Gasteiger partial charge in [-0.3, -0.25) is 0 Å². The Morgan fingerprint density at radius 1 is 1.41 bits per heavy atom. The second-order valence-corrected chi connectivity index (χ2v) is 6.12. The van der Waals surface area contributed by atoms with E-state index in [4.69, 9.17) is 4.74 Å². The number of rotatable bonds is 3. The summed E-state index contributed by atoms with van der Waals surface area (Å²) in [6, 6.07) is 6.91. The zero-order valence-electron chi connectivity index (χ0n) is 12.9. The van der Waals surface area contributed by atoms with Crippen molar-refractivity contribution in [2.75, 3.05) is 10.2 Å². The third-order valence-electron chi connectivity index (χ3n) is 3.24. The molecule has 6 nitrogen and oxygen atoms in total. The van der Waals surface area contributed by atoms with Crippen LogP contribution in [0.15, 0.2) is 36.9 Å². The molecule has 0 radical (unpaired) electrons. The number of nitrogens with one attached hydrogen (secondary N) is 1. The van der Waals surface area contributed by atoms with Crippen molar-refractivity contribution in [1.29, 1.82) is 0 Å². The molecule has 0 aromatic heterocycles. The molecule has 0 aliphatic carbocycles. The summed E-state index contributed by atoms with van der Waals surface area (Å²) < 4.78 is 5.38. The number of carbonyl (C=O) groups excluding carboxylic acids is 1. The Kier molecular flexibility index (Phi) is 3.87. The predicted molar refractivity (Wildman–Crippen MR) is 84.0 cm³/mol. The molecule has 0 bridgehead atoms. The molecule has 1 aromatic carbocycles. The normalized spacial score (nSPS) is 20.0. The summed E-state index contributed by atoms with van der Waals surface area (Å²) in [5.74, 6) is -1.17. The molecule has 2 N–H and O–H groups in total.